The summed E-state index contributed by atoms with van der Waals surface area (Å²) in [5, 5.41) is 3.34. The fourth-order valence-electron chi connectivity index (χ4n) is 5.16. The monoisotopic (exact) mass is 449 g/mol. The van der Waals surface area contributed by atoms with Crippen LogP contribution in [0.3, 0.4) is 0 Å². The number of pyridine rings is 1. The molecule has 2 aromatic rings. The van der Waals surface area contributed by atoms with E-state index >= 15 is 0 Å². The van der Waals surface area contributed by atoms with Crippen LogP contribution in [0.5, 0.6) is 5.75 Å². The summed E-state index contributed by atoms with van der Waals surface area (Å²) >= 11 is 0. The highest BCUT2D eigenvalue weighted by atomic mass is 16.5. The van der Waals surface area contributed by atoms with Gasteiger partial charge in [-0.3, -0.25) is 14.7 Å². The maximum Gasteiger partial charge on any atom is 0.225 e. The van der Waals surface area contributed by atoms with Gasteiger partial charge in [0.15, 0.2) is 0 Å². The summed E-state index contributed by atoms with van der Waals surface area (Å²) < 4.78 is 6.04. The molecule has 1 aromatic heterocycles. The molecule has 1 aromatic carbocycles. The van der Waals surface area contributed by atoms with E-state index in [1.807, 2.05) is 45.2 Å². The Balaban J connectivity index is 1.53. The number of hydrogen-bond donors (Lipinski definition) is 1. The molecule has 1 saturated heterocycles. The summed E-state index contributed by atoms with van der Waals surface area (Å²) in [4.78, 5) is 20.1. The number of likely N-dealkylation sites (tertiary alicyclic amines) is 1. The zero-order valence-corrected chi connectivity index (χ0v) is 20.7. The van der Waals surface area contributed by atoms with Crippen molar-refractivity contribution in [3.05, 3.63) is 58.9 Å². The lowest BCUT2D eigenvalue weighted by molar-refractivity contribution is -0.130. The van der Waals surface area contributed by atoms with Crippen molar-refractivity contribution in [1.82, 2.24) is 15.2 Å². The van der Waals surface area contributed by atoms with Crippen LogP contribution in [0.15, 0.2) is 36.5 Å². The molecule has 1 aliphatic carbocycles. The molecule has 1 aliphatic heterocycles. The van der Waals surface area contributed by atoms with Crippen LogP contribution in [0.1, 0.15) is 75.4 Å². The van der Waals surface area contributed by atoms with Crippen molar-refractivity contribution in [1.29, 1.82) is 0 Å². The molecule has 2 heterocycles. The van der Waals surface area contributed by atoms with Gasteiger partial charge in [0.25, 0.3) is 0 Å². The Kier molecular flexibility index (Phi) is 7.38. The number of carbonyl (C=O) groups excluding carboxylic acids is 1. The summed E-state index contributed by atoms with van der Waals surface area (Å²) in [6, 6.07) is 10.6. The van der Waals surface area contributed by atoms with Crippen LogP contribution in [0.2, 0.25) is 0 Å². The van der Waals surface area contributed by atoms with Crippen LogP contribution < -0.4 is 10.1 Å². The van der Waals surface area contributed by atoms with E-state index in [-0.39, 0.29) is 11.9 Å². The van der Waals surface area contributed by atoms with E-state index in [4.69, 9.17) is 4.74 Å². The van der Waals surface area contributed by atoms with Crippen molar-refractivity contribution in [2.45, 2.75) is 72.4 Å². The number of nitrogens with zero attached hydrogens (tertiary/aromatic N) is 2. The molecule has 0 unspecified atom stereocenters. The van der Waals surface area contributed by atoms with Crippen LogP contribution in [-0.2, 0) is 24.2 Å². The molecule has 2 aliphatic rings. The number of rotatable bonds is 7. The topological polar surface area (TPSA) is 54.5 Å². The molecule has 0 radical (unpaired) electrons. The molecule has 5 nitrogen and oxygen atoms in total. The molecule has 4 rings (SSSR count). The van der Waals surface area contributed by atoms with E-state index in [2.05, 4.69) is 34.3 Å². The van der Waals surface area contributed by atoms with E-state index in [0.717, 1.165) is 43.9 Å². The van der Waals surface area contributed by atoms with E-state index in [9.17, 15) is 4.79 Å². The van der Waals surface area contributed by atoms with Gasteiger partial charge in [-0.1, -0.05) is 32.9 Å². The lowest BCUT2D eigenvalue weighted by atomic mass is 9.86. The average Bonchev–Trinajstić information content (AvgIpc) is 3.25. The standard InChI is InChI=1S/C28H39N3O2/c1-5-33-25-17-21-11-8-10-20(21)16-23(25)19-31-15-9-12-22(18-31)26(24-13-6-7-14-29-24)30-27(32)28(2,3)4/h6-7,13-14,16-17,22,26H,5,8-12,15,18-19H2,1-4H3,(H,30,32)/t22-,26-/m1/s1. The summed E-state index contributed by atoms with van der Waals surface area (Å²) in [5.74, 6) is 1.44. The summed E-state index contributed by atoms with van der Waals surface area (Å²) in [6.45, 7) is 11.5. The Morgan fingerprint density at radius 3 is 2.70 bits per heavy atom. The average molecular weight is 450 g/mol. The molecular formula is C28H39N3O2. The SMILES string of the molecule is CCOc1cc2c(cc1CN1CCC[C@@H]([C@@H](NC(=O)C(C)(C)C)c3ccccn3)C1)CCC2. The van der Waals surface area contributed by atoms with Gasteiger partial charge in [-0.15, -0.1) is 0 Å². The maximum atomic E-state index is 12.9. The van der Waals surface area contributed by atoms with Gasteiger partial charge in [-0.05, 0) is 80.8 Å². The Hall–Kier alpha value is -2.40. The second-order valence-corrected chi connectivity index (χ2v) is 10.6. The number of ether oxygens (including phenoxy) is 1. The first-order valence-corrected chi connectivity index (χ1v) is 12.6. The minimum Gasteiger partial charge on any atom is -0.494 e. The number of carbonyl (C=O) groups is 1. The molecule has 33 heavy (non-hydrogen) atoms. The molecular weight excluding hydrogens is 410 g/mol. The zero-order valence-electron chi connectivity index (χ0n) is 20.7. The molecule has 1 N–H and O–H groups in total. The highest BCUT2D eigenvalue weighted by Crippen LogP contribution is 2.34. The van der Waals surface area contributed by atoms with Crippen molar-refractivity contribution < 1.29 is 9.53 Å². The number of fused-ring (bicyclic) bond motifs is 1. The van der Waals surface area contributed by atoms with Gasteiger partial charge < -0.3 is 10.1 Å². The van der Waals surface area contributed by atoms with Crippen LogP contribution in [0.25, 0.3) is 0 Å². The normalized spacial score (nSPS) is 19.7. The highest BCUT2D eigenvalue weighted by molar-refractivity contribution is 5.81. The third-order valence-corrected chi connectivity index (χ3v) is 6.96. The number of aryl methyl sites for hydroxylation is 2. The molecule has 0 spiro atoms. The Labute approximate surface area is 198 Å². The number of benzene rings is 1. The summed E-state index contributed by atoms with van der Waals surface area (Å²) in [7, 11) is 0. The highest BCUT2D eigenvalue weighted by Gasteiger charge is 2.33. The van der Waals surface area contributed by atoms with Gasteiger partial charge in [0, 0.05) is 30.3 Å². The molecule has 5 heteroatoms. The van der Waals surface area contributed by atoms with Gasteiger partial charge in [0.2, 0.25) is 5.91 Å². The minimum absolute atomic E-state index is 0.0764. The quantitative estimate of drug-likeness (QED) is 0.640. The number of piperidine rings is 1. The van der Waals surface area contributed by atoms with Gasteiger partial charge in [-0.2, -0.15) is 0 Å². The summed E-state index contributed by atoms with van der Waals surface area (Å²) in [6.07, 6.45) is 7.62. The predicted octanol–water partition coefficient (Wildman–Crippen LogP) is 5.08. The number of hydrogen-bond acceptors (Lipinski definition) is 4. The van der Waals surface area contributed by atoms with Crippen molar-refractivity contribution in [3.63, 3.8) is 0 Å². The molecule has 2 atom stereocenters. The van der Waals surface area contributed by atoms with E-state index in [1.54, 1.807) is 0 Å². The lowest BCUT2D eigenvalue weighted by Crippen LogP contribution is -2.45. The first-order valence-electron chi connectivity index (χ1n) is 12.6. The summed E-state index contributed by atoms with van der Waals surface area (Å²) in [5.41, 5.74) is 4.77. The molecule has 178 valence electrons. The predicted molar refractivity (Wildman–Crippen MR) is 132 cm³/mol. The van der Waals surface area contributed by atoms with Crippen LogP contribution in [0.4, 0.5) is 0 Å². The third-order valence-electron chi connectivity index (χ3n) is 6.96. The van der Waals surface area contributed by atoms with Crippen molar-refractivity contribution >= 4 is 5.91 Å². The lowest BCUT2D eigenvalue weighted by Gasteiger charge is -2.38. The van der Waals surface area contributed by atoms with Crippen LogP contribution >= 0.6 is 0 Å². The Morgan fingerprint density at radius 1 is 1.21 bits per heavy atom. The smallest absolute Gasteiger partial charge is 0.225 e. The van der Waals surface area contributed by atoms with Gasteiger partial charge >= 0.3 is 0 Å². The molecule has 1 fully saturated rings. The third kappa shape index (κ3) is 5.75. The van der Waals surface area contributed by atoms with Gasteiger partial charge in [0.1, 0.15) is 5.75 Å². The van der Waals surface area contributed by atoms with E-state index < -0.39 is 5.41 Å². The van der Waals surface area contributed by atoms with Crippen LogP contribution in [-0.4, -0.2) is 35.5 Å². The first-order chi connectivity index (χ1) is 15.8. The Bertz CT molecular complexity index is 952. The fraction of sp³-hybridized carbons (Fsp3) is 0.571. The zero-order chi connectivity index (χ0) is 23.4. The fourth-order valence-corrected chi connectivity index (χ4v) is 5.16. The van der Waals surface area contributed by atoms with Crippen LogP contribution in [0, 0.1) is 11.3 Å². The number of aromatic nitrogens is 1. The second kappa shape index (κ2) is 10.3. The van der Waals surface area contributed by atoms with Gasteiger partial charge in [-0.25, -0.2) is 0 Å². The van der Waals surface area contributed by atoms with Crippen molar-refractivity contribution in [2.75, 3.05) is 19.7 Å². The minimum atomic E-state index is -0.432. The van der Waals surface area contributed by atoms with E-state index in [0.29, 0.717) is 12.5 Å². The van der Waals surface area contributed by atoms with Crippen molar-refractivity contribution in [3.8, 4) is 5.75 Å². The van der Waals surface area contributed by atoms with Gasteiger partial charge in [0.05, 0.1) is 18.3 Å². The second-order valence-electron chi connectivity index (χ2n) is 10.6. The largest absolute Gasteiger partial charge is 0.494 e. The molecule has 1 amide bonds. The number of amides is 1. The molecule has 0 bridgehead atoms. The molecule has 0 saturated carbocycles. The first kappa shape index (κ1) is 23.7. The number of nitrogens with one attached hydrogen (secondary N) is 1. The van der Waals surface area contributed by atoms with Crippen molar-refractivity contribution in [2.24, 2.45) is 11.3 Å². The maximum absolute atomic E-state index is 12.9. The Morgan fingerprint density at radius 2 is 2.00 bits per heavy atom. The van der Waals surface area contributed by atoms with E-state index in [1.165, 1.54) is 36.0 Å².